The van der Waals surface area contributed by atoms with Crippen LogP contribution in [0.3, 0.4) is 0 Å². The Morgan fingerprint density at radius 3 is 0.977 bits per heavy atom. The number of thioether (sulfide) groups is 1. The normalized spacial score (nSPS) is 15.3. The molecule has 0 radical (unpaired) electrons. The molecule has 0 aliphatic heterocycles. The van der Waals surface area contributed by atoms with Crippen LogP contribution < -0.4 is 234 Å². The van der Waals surface area contributed by atoms with E-state index >= 15 is 0 Å². The first-order valence-electron chi connectivity index (χ1n) is 33.1. The third-order valence-electron chi connectivity index (χ3n) is 15.6. The molecule has 0 fully saturated rings. The monoisotopic (exact) mass is 2340 g/mol. The first-order chi connectivity index (χ1) is 54.9. The summed E-state index contributed by atoms with van der Waals surface area (Å²) >= 11 is 5.96. The van der Waals surface area contributed by atoms with E-state index in [1.165, 1.54) is 72.1 Å². The second kappa shape index (κ2) is 66.9. The second-order valence-corrected chi connectivity index (χ2v) is 60.8. The van der Waals surface area contributed by atoms with Crippen LogP contribution in [0.4, 0.5) is 0 Å². The van der Waals surface area contributed by atoms with Crippen LogP contribution in [0.2, 0.25) is 5.02 Å². The van der Waals surface area contributed by atoms with Gasteiger partial charge in [-0.25, -0.2) is 4.98 Å². The van der Waals surface area contributed by atoms with Gasteiger partial charge in [0.2, 0.25) is 17.5 Å². The van der Waals surface area contributed by atoms with Crippen molar-refractivity contribution in [3.8, 4) is 0 Å². The molecular formula is C46H106ClN7Na7O54P16S+5. The van der Waals surface area contributed by atoms with Crippen LogP contribution in [-0.4, -0.2) is 284 Å². The van der Waals surface area contributed by atoms with Crippen molar-refractivity contribution in [2.24, 2.45) is 17.2 Å². The van der Waals surface area contributed by atoms with Gasteiger partial charge in [0.1, 0.15) is 0 Å². The van der Waals surface area contributed by atoms with Crippen LogP contribution in [-0.2, 0) is 86.0 Å². The summed E-state index contributed by atoms with van der Waals surface area (Å²) in [5.74, 6) is 0. The molecule has 1 aromatic carbocycles. The summed E-state index contributed by atoms with van der Waals surface area (Å²) in [5, 5.41) is 42.9. The Kier molecular flexibility index (Phi) is 83.3. The minimum Gasteiger partial charge on any atom is -0.777 e. The van der Waals surface area contributed by atoms with Crippen molar-refractivity contribution in [3.05, 3.63) is 78.1 Å². The fourth-order valence-electron chi connectivity index (χ4n) is 7.84. The van der Waals surface area contributed by atoms with Gasteiger partial charge in [0, 0.05) is 86.6 Å². The fourth-order valence-corrected chi connectivity index (χ4v) is 27.0. The average Bonchev–Trinajstić information content (AvgIpc) is 0.960. The van der Waals surface area contributed by atoms with Crippen LogP contribution in [0.5, 0.6) is 0 Å². The largest absolute Gasteiger partial charge is 1.00 e. The van der Waals surface area contributed by atoms with Crippen molar-refractivity contribution < 1.29 is 467 Å². The zero-order valence-electron chi connectivity index (χ0n) is 72.0. The number of rotatable bonds is 41. The summed E-state index contributed by atoms with van der Waals surface area (Å²) in [5.41, 5.74) is 15.4. The quantitative estimate of drug-likeness (QED) is 0.0109. The van der Waals surface area contributed by atoms with Gasteiger partial charge in [0.25, 0.3) is 25.4 Å². The van der Waals surface area contributed by atoms with Gasteiger partial charge in [-0.15, -0.1) is 11.8 Å². The van der Waals surface area contributed by atoms with Gasteiger partial charge in [-0.3, -0.25) is 68.9 Å². The van der Waals surface area contributed by atoms with E-state index < -0.39 is 200 Å². The molecule has 0 saturated carbocycles. The molecule has 61 nitrogen and oxygen atoms in total. The van der Waals surface area contributed by atoms with E-state index in [1.807, 2.05) is 6.92 Å². The van der Waals surface area contributed by atoms with Crippen LogP contribution in [0.25, 0.3) is 0 Å². The second-order valence-electron chi connectivity index (χ2n) is 25.8. The zero-order valence-corrected chi connectivity index (χ0v) is 102. The summed E-state index contributed by atoms with van der Waals surface area (Å²) in [6.07, 6.45) is 6.23. The molecule has 0 saturated heterocycles. The van der Waals surface area contributed by atoms with E-state index in [0.717, 1.165) is 19.3 Å². The molecule has 132 heavy (non-hydrogen) atoms. The van der Waals surface area contributed by atoms with Crippen LogP contribution in [0, 0.1) is 0 Å². The summed E-state index contributed by atoms with van der Waals surface area (Å²) in [7, 11) is -81.9. The van der Waals surface area contributed by atoms with Crippen LogP contribution in [0.1, 0.15) is 103 Å². The number of nitrogens with two attached hydrogens (primary N) is 3. The van der Waals surface area contributed by atoms with E-state index in [0.29, 0.717) is 56.3 Å². The molecule has 0 aliphatic carbocycles. The molecule has 0 amide bonds. The molecule has 0 spiro atoms. The number of aryl methyl sites for hydroxylation is 1. The van der Waals surface area contributed by atoms with Crippen molar-refractivity contribution in [1.82, 2.24) is 19.4 Å². The van der Waals surface area contributed by atoms with Gasteiger partial charge in [-0.05, 0) is 115 Å². The predicted molar refractivity (Wildman–Crippen MR) is 434 cm³/mol. The SMILES string of the molecule is CC(O)(P(=O)([O-])O)P(=O)(O)O.CCCCCN(C)CCC(O)(P(=O)(O)O)P(=O)(O)O.CP(=O)(O)C(O)(Cc1cccnc1)P(=O)(O)O.NCCCC(O)(P(=O)(O)O)P(=O)(O)O.NCCCC(O)(P(=O)(O)O)P(=O)(O)O.NCCCCCC(O)(P(=O)(O)O)P(=O)(O)O.O=P(O)(O)C(O)(CCn1ccnc1)P(=O)(O)O.O=P([O-])(O)C(Sc1ccc(Cl)cc1)P(=O)(O)O.[Na+].[Na+].[Na+].[Na+].[Na+].[Na+].[Na+]. The minimum absolute atomic E-state index is 0. The maximum atomic E-state index is 11.5. The first-order valence-corrected chi connectivity index (χ1v) is 60.7. The van der Waals surface area contributed by atoms with Gasteiger partial charge < -0.3 is 223 Å². The number of imidazole rings is 1. The van der Waals surface area contributed by atoms with Crippen LogP contribution >= 0.6 is 145 Å². The van der Waals surface area contributed by atoms with Crippen molar-refractivity contribution >= 4 is 145 Å². The van der Waals surface area contributed by atoms with Gasteiger partial charge in [0.15, 0.2) is 19.9 Å². The molecule has 2 aromatic heterocycles. The summed E-state index contributed by atoms with van der Waals surface area (Å²) in [6.45, 7) is 3.77. The molecule has 6 unspecified atom stereocenters. The number of unbranched alkanes of at least 4 members (excludes halogenated alkanes) is 4. The third kappa shape index (κ3) is 56.0. The number of hydrogen-bond acceptors (Lipinski definition) is 32. The Labute approximate surface area is 917 Å². The number of pyridine rings is 1. The Bertz CT molecular complexity index is 4390. The molecule has 6 atom stereocenters. The van der Waals surface area contributed by atoms with Gasteiger partial charge >= 0.3 is 306 Å². The Morgan fingerprint density at radius 2 is 0.735 bits per heavy atom. The molecule has 744 valence electrons. The van der Waals surface area contributed by atoms with Gasteiger partial charge in [-0.1, -0.05) is 43.9 Å². The molecule has 86 heteroatoms. The molecule has 0 bridgehead atoms. The topological polar surface area (TPSA) is 1160 Å². The van der Waals surface area contributed by atoms with Crippen molar-refractivity contribution in [2.75, 3.05) is 46.4 Å². The van der Waals surface area contributed by atoms with E-state index in [9.17, 15) is 118 Å². The van der Waals surface area contributed by atoms with Crippen molar-refractivity contribution in [2.45, 2.75) is 155 Å². The number of nitrogens with zero attached hydrogens (tertiary/aromatic N) is 4. The van der Waals surface area contributed by atoms with Gasteiger partial charge in [-0.2, -0.15) is 0 Å². The summed E-state index contributed by atoms with van der Waals surface area (Å²) < 4.78 is 173. The maximum absolute atomic E-state index is 11.5. The number of hydrogen-bond donors (Lipinski definition) is 39. The Balaban J connectivity index is -0.000000124. The maximum Gasteiger partial charge on any atom is 1.00 e. The molecule has 3 aromatic rings. The van der Waals surface area contributed by atoms with Crippen molar-refractivity contribution in [3.63, 3.8) is 0 Å². The zero-order chi connectivity index (χ0) is 101. The van der Waals surface area contributed by atoms with E-state index in [2.05, 4.69) is 9.97 Å². The molecule has 2 heterocycles. The third-order valence-corrected chi connectivity index (χ3v) is 49.3. The smallest absolute Gasteiger partial charge is 0.777 e. The fraction of sp³-hybridized carbons (Fsp3) is 0.696. The Hall–Kier alpha value is 7.22. The number of aromatic nitrogens is 3. The van der Waals surface area contributed by atoms with Crippen LogP contribution in [0.15, 0.2) is 72.4 Å². The van der Waals surface area contributed by atoms with Gasteiger partial charge in [0.05, 0.1) is 6.33 Å². The Morgan fingerprint density at radius 1 is 0.417 bits per heavy atom. The van der Waals surface area contributed by atoms with E-state index in [4.69, 9.17) is 171 Å². The standard InChI is InChI=1S/C9H23NO7P2.C8H13NO6P2.C7H9ClO6P2S.C6H12N2O7P2.C6H17NO7P2.2C4H13NO7P2.C2H8O7P2.7Na/c1-3-4-5-7-10(2)8-6-9(11,18(12,13)14)19(15,16)17;1-16(11,12)8(10,17(13,14)15)5-7-3-2-4-9-6-7;8-5-1-3-6(4-2-5)17-7(15(9,10)11)16(12,13)14;9-6(16(10,11)12,17(13,14)15)1-3-8-4-2-7-5-8;7-5-3-1-2-4-6(8,15(9,10)11)16(12,13)14;2*5-3-1-2-4(6,13(7,8)9)14(10,11)12;1-2(3,10(4,5)6)11(7,8)9;;;;;;;/h11H,3-8H2,1-2H3,(H2,12,13,14)(H2,15,16,17);2-4,6,10H,5H2,1H3,(H,11,12)(H2,13,14,15);1-4,7H,(H2,9,10,11)(H2,12,13,14);2,4-5,9H,1,3H2,(H2,10,11,12)(H2,13,14,15);8H,1-5,7H2,(H2,9,10,11)(H2,12,13,14);2*6H,1-3,5H2,(H2,7,8,9)(H2,10,11,12);3H,1H3,(H2,4,5,6)(H2,7,8,9);;;;;;;/q;;;;;;;;7*+1/p-2. The molecule has 0 aliphatic rings. The summed E-state index contributed by atoms with van der Waals surface area (Å²) in [6, 6.07) is 8.61. The average molecular weight is 2350 g/mol. The van der Waals surface area contributed by atoms with E-state index in [1.54, 1.807) is 11.9 Å². The molecular weight excluding hydrogens is 2240 g/mol. The number of aliphatic hydroxyl groups is 7. The number of halogens is 1. The summed E-state index contributed by atoms with van der Waals surface area (Å²) in [4.78, 5) is 284. The first kappa shape index (κ1) is 164. The predicted octanol–water partition coefficient (Wildman–Crippen LogP) is -24.1. The molecule has 42 N–H and O–H groups in total. The minimum atomic E-state index is -5.45. The van der Waals surface area contributed by atoms with Crippen molar-refractivity contribution in [1.29, 1.82) is 0 Å². The molecule has 3 rings (SSSR count). The number of benzene rings is 1. The van der Waals surface area contributed by atoms with E-state index in [-0.39, 0.29) is 263 Å².